The maximum Gasteiger partial charge on any atom is 0.252 e. The molecule has 0 unspecified atom stereocenters. The minimum atomic E-state index is -3.62. The van der Waals surface area contributed by atoms with Gasteiger partial charge in [0.05, 0.1) is 15.5 Å². The molecule has 0 saturated carbocycles. The first-order valence-corrected chi connectivity index (χ1v) is 12.2. The van der Waals surface area contributed by atoms with Crippen molar-refractivity contribution in [2.24, 2.45) is 0 Å². The van der Waals surface area contributed by atoms with E-state index in [-0.39, 0.29) is 21.4 Å². The van der Waals surface area contributed by atoms with Gasteiger partial charge in [0.15, 0.2) is 0 Å². The van der Waals surface area contributed by atoms with Gasteiger partial charge in [-0.2, -0.15) is 4.31 Å². The molecule has 2 aliphatic rings. The molecule has 1 aromatic rings. The molecule has 1 N–H and O–H groups in total. The van der Waals surface area contributed by atoms with Crippen LogP contribution in [0.1, 0.15) is 36.0 Å². The normalized spacial score (nSPS) is 20.3. The zero-order chi connectivity index (χ0) is 20.9. The Labute approximate surface area is 179 Å². The average Bonchev–Trinajstić information content (AvgIpc) is 3.00. The van der Waals surface area contributed by atoms with E-state index >= 15 is 0 Å². The van der Waals surface area contributed by atoms with Crippen LogP contribution < -0.4 is 5.32 Å². The first-order valence-electron chi connectivity index (χ1n) is 10.4. The highest BCUT2D eigenvalue weighted by molar-refractivity contribution is 7.89. The summed E-state index contributed by atoms with van der Waals surface area (Å²) in [5.41, 5.74) is 0.209. The summed E-state index contributed by atoms with van der Waals surface area (Å²) in [6.45, 7) is 6.33. The second-order valence-electron chi connectivity index (χ2n) is 7.86. The van der Waals surface area contributed by atoms with Crippen molar-refractivity contribution in [2.45, 2.75) is 30.6 Å². The van der Waals surface area contributed by atoms with Crippen LogP contribution in [-0.4, -0.2) is 87.8 Å². The predicted octanol–water partition coefficient (Wildman–Crippen LogP) is 1.88. The largest absolute Gasteiger partial charge is 0.351 e. The molecule has 0 aromatic heterocycles. The van der Waals surface area contributed by atoms with Crippen LogP contribution in [0.15, 0.2) is 23.1 Å². The Hall–Kier alpha value is -1.19. The van der Waals surface area contributed by atoms with Crippen LogP contribution in [0.4, 0.5) is 0 Å². The molecule has 29 heavy (non-hydrogen) atoms. The van der Waals surface area contributed by atoms with Gasteiger partial charge in [-0.25, -0.2) is 8.42 Å². The molecule has 3 rings (SSSR count). The van der Waals surface area contributed by atoms with Gasteiger partial charge in [0.2, 0.25) is 10.0 Å². The molecule has 162 valence electrons. The van der Waals surface area contributed by atoms with Crippen molar-refractivity contribution in [2.75, 3.05) is 59.4 Å². The SMILES string of the molecule is CN1CCN(CCNC(=O)c2cc(S(=O)(=O)N3CCCCCC3)ccc2Cl)CC1. The smallest absolute Gasteiger partial charge is 0.252 e. The lowest BCUT2D eigenvalue weighted by molar-refractivity contribution is 0.0941. The molecule has 0 spiro atoms. The van der Waals surface area contributed by atoms with Gasteiger partial charge in [0.25, 0.3) is 5.91 Å². The maximum absolute atomic E-state index is 13.0. The molecule has 7 nitrogen and oxygen atoms in total. The number of carbonyl (C=O) groups excluding carboxylic acids is 1. The number of nitrogens with zero attached hydrogens (tertiary/aromatic N) is 3. The van der Waals surface area contributed by atoms with Gasteiger partial charge in [-0.3, -0.25) is 9.69 Å². The van der Waals surface area contributed by atoms with Gasteiger partial charge < -0.3 is 10.2 Å². The number of amides is 1. The third-order valence-electron chi connectivity index (χ3n) is 5.69. The highest BCUT2D eigenvalue weighted by Crippen LogP contribution is 2.25. The standard InChI is InChI=1S/C20H31ClN4O3S/c1-23-12-14-24(15-13-23)11-8-22-20(26)18-16-17(6-7-19(18)21)29(27,28)25-9-4-2-3-5-10-25/h6-7,16H,2-5,8-15H2,1H3,(H,22,26). The topological polar surface area (TPSA) is 73.0 Å². The Morgan fingerprint density at radius 2 is 1.69 bits per heavy atom. The molecule has 2 heterocycles. The predicted molar refractivity (Wildman–Crippen MR) is 115 cm³/mol. The molecule has 2 fully saturated rings. The Morgan fingerprint density at radius 3 is 2.34 bits per heavy atom. The number of rotatable bonds is 6. The number of carbonyl (C=O) groups is 1. The summed E-state index contributed by atoms with van der Waals surface area (Å²) in [4.78, 5) is 17.4. The maximum atomic E-state index is 13.0. The number of nitrogens with one attached hydrogen (secondary N) is 1. The van der Waals surface area contributed by atoms with Crippen LogP contribution in [0, 0.1) is 0 Å². The molecule has 9 heteroatoms. The van der Waals surface area contributed by atoms with Gasteiger partial charge >= 0.3 is 0 Å². The molecule has 1 amide bonds. The Morgan fingerprint density at radius 1 is 1.03 bits per heavy atom. The van der Waals surface area contributed by atoms with Crippen molar-refractivity contribution in [1.29, 1.82) is 0 Å². The number of benzene rings is 1. The molecule has 0 radical (unpaired) electrons. The van der Waals surface area contributed by atoms with Crippen LogP contribution >= 0.6 is 11.6 Å². The van der Waals surface area contributed by atoms with Gasteiger partial charge in [0.1, 0.15) is 0 Å². The minimum absolute atomic E-state index is 0.132. The molecule has 1 aromatic carbocycles. The molecule has 0 atom stereocenters. The zero-order valence-corrected chi connectivity index (χ0v) is 18.6. The monoisotopic (exact) mass is 442 g/mol. The summed E-state index contributed by atoms with van der Waals surface area (Å²) in [5.74, 6) is -0.336. The van der Waals surface area contributed by atoms with Crippen LogP contribution in [0.25, 0.3) is 0 Å². The summed E-state index contributed by atoms with van der Waals surface area (Å²) in [5, 5.41) is 3.14. The average molecular weight is 443 g/mol. The summed E-state index contributed by atoms with van der Waals surface area (Å²) in [6, 6.07) is 4.40. The Bertz CT molecular complexity index is 802. The number of likely N-dealkylation sites (N-methyl/N-ethyl adjacent to an activating group) is 1. The third-order valence-corrected chi connectivity index (χ3v) is 7.92. The van der Waals surface area contributed by atoms with E-state index in [1.807, 2.05) is 0 Å². The van der Waals surface area contributed by atoms with E-state index in [1.165, 1.54) is 22.5 Å². The Balaban J connectivity index is 1.64. The number of halogens is 1. The van der Waals surface area contributed by atoms with E-state index in [2.05, 4.69) is 22.2 Å². The summed E-state index contributed by atoms with van der Waals surface area (Å²) in [7, 11) is -1.51. The quantitative estimate of drug-likeness (QED) is 0.728. The third kappa shape index (κ3) is 5.92. The Kier molecular flexibility index (Phi) is 7.92. The number of hydrogen-bond acceptors (Lipinski definition) is 5. The molecule has 2 aliphatic heterocycles. The van der Waals surface area contributed by atoms with Gasteiger partial charge in [-0.05, 0) is 38.1 Å². The first-order chi connectivity index (χ1) is 13.9. The number of sulfonamides is 1. The van der Waals surface area contributed by atoms with E-state index in [0.717, 1.165) is 58.4 Å². The van der Waals surface area contributed by atoms with Crippen molar-refractivity contribution in [3.05, 3.63) is 28.8 Å². The van der Waals surface area contributed by atoms with Gasteiger partial charge in [0, 0.05) is 52.4 Å². The van der Waals surface area contributed by atoms with Crippen molar-refractivity contribution in [3.63, 3.8) is 0 Å². The van der Waals surface area contributed by atoms with E-state index in [1.54, 1.807) is 0 Å². The van der Waals surface area contributed by atoms with Crippen LogP contribution in [0.2, 0.25) is 5.02 Å². The van der Waals surface area contributed by atoms with Crippen LogP contribution in [0.3, 0.4) is 0 Å². The summed E-state index contributed by atoms with van der Waals surface area (Å²) < 4.78 is 27.6. The number of hydrogen-bond donors (Lipinski definition) is 1. The fourth-order valence-electron chi connectivity index (χ4n) is 3.76. The fourth-order valence-corrected chi connectivity index (χ4v) is 5.51. The lowest BCUT2D eigenvalue weighted by Crippen LogP contribution is -2.46. The molecule has 2 saturated heterocycles. The van der Waals surface area contributed by atoms with E-state index in [0.29, 0.717) is 19.6 Å². The second kappa shape index (κ2) is 10.2. The van der Waals surface area contributed by atoms with Crippen LogP contribution in [0.5, 0.6) is 0 Å². The molecular weight excluding hydrogens is 412 g/mol. The highest BCUT2D eigenvalue weighted by atomic mass is 35.5. The molecule has 0 aliphatic carbocycles. The lowest BCUT2D eigenvalue weighted by Gasteiger charge is -2.32. The second-order valence-corrected chi connectivity index (χ2v) is 10.2. The summed E-state index contributed by atoms with van der Waals surface area (Å²) in [6.07, 6.45) is 3.83. The molecular formula is C20H31ClN4O3S. The van der Waals surface area contributed by atoms with Gasteiger partial charge in [-0.1, -0.05) is 24.4 Å². The first kappa shape index (κ1) is 22.5. The van der Waals surface area contributed by atoms with E-state index in [9.17, 15) is 13.2 Å². The van der Waals surface area contributed by atoms with Crippen molar-refractivity contribution >= 4 is 27.5 Å². The number of piperazine rings is 1. The molecule has 0 bridgehead atoms. The van der Waals surface area contributed by atoms with Crippen molar-refractivity contribution in [1.82, 2.24) is 19.4 Å². The summed E-state index contributed by atoms with van der Waals surface area (Å²) >= 11 is 6.21. The van der Waals surface area contributed by atoms with Gasteiger partial charge in [-0.15, -0.1) is 0 Å². The van der Waals surface area contributed by atoms with E-state index < -0.39 is 10.0 Å². The van der Waals surface area contributed by atoms with E-state index in [4.69, 9.17) is 11.6 Å². The van der Waals surface area contributed by atoms with Crippen molar-refractivity contribution < 1.29 is 13.2 Å². The minimum Gasteiger partial charge on any atom is -0.351 e. The lowest BCUT2D eigenvalue weighted by atomic mass is 10.2. The van der Waals surface area contributed by atoms with Crippen molar-refractivity contribution in [3.8, 4) is 0 Å². The highest BCUT2D eigenvalue weighted by Gasteiger charge is 2.26. The van der Waals surface area contributed by atoms with Crippen LogP contribution in [-0.2, 0) is 10.0 Å². The zero-order valence-electron chi connectivity index (χ0n) is 17.1. The fraction of sp³-hybridized carbons (Fsp3) is 0.650.